The van der Waals surface area contributed by atoms with Gasteiger partial charge in [-0.3, -0.25) is 28.8 Å². The van der Waals surface area contributed by atoms with Crippen molar-refractivity contribution in [3.8, 4) is 0 Å². The van der Waals surface area contributed by atoms with Crippen LogP contribution in [0, 0.1) is 11.6 Å². The van der Waals surface area contributed by atoms with Crippen molar-refractivity contribution in [2.75, 3.05) is 13.1 Å². The van der Waals surface area contributed by atoms with E-state index in [-0.39, 0.29) is 84.4 Å². The largest absolute Gasteiger partial charge is 0.480 e. The van der Waals surface area contributed by atoms with Gasteiger partial charge < -0.3 is 29.8 Å². The van der Waals surface area contributed by atoms with Crippen molar-refractivity contribution in [1.82, 2.24) is 24.7 Å². The second-order valence-electron chi connectivity index (χ2n) is 16.0. The SMILES string of the molecule is C.CC(=O)c1cn(CC(=O)N(CC(=O)NCc2cccc(Cl)c2F)C2CC2)c2ccccc12.CC(=O)c1cn(CC(=O)O)c2ccccc12.O=C(CCc1cccc(Cl)c1F)CNC1CC1. The van der Waals surface area contributed by atoms with Gasteiger partial charge in [0.2, 0.25) is 11.8 Å². The Morgan fingerprint density at radius 3 is 1.74 bits per heavy atom. The Morgan fingerprint density at radius 1 is 0.712 bits per heavy atom. The minimum atomic E-state index is -0.921. The number of benzene rings is 4. The maximum Gasteiger partial charge on any atom is 0.323 e. The third-order valence-corrected chi connectivity index (χ3v) is 11.5. The van der Waals surface area contributed by atoms with Crippen LogP contribution in [0.4, 0.5) is 8.78 Å². The number of Topliss-reactive ketones (excluding diaryl/α,β-unsaturated/α-hetero) is 3. The number of carbonyl (C=O) groups excluding carboxylic acids is 5. The molecule has 4 aromatic carbocycles. The molecular weight excluding hydrogens is 891 g/mol. The number of para-hydroxylation sites is 2. The van der Waals surface area contributed by atoms with Crippen molar-refractivity contribution >= 4 is 80.1 Å². The number of amides is 2. The van der Waals surface area contributed by atoms with Crippen molar-refractivity contribution < 1.29 is 42.7 Å². The first kappa shape index (κ1) is 50.8. The first-order chi connectivity index (χ1) is 31.1. The summed E-state index contributed by atoms with van der Waals surface area (Å²) in [5.41, 5.74) is 3.49. The van der Waals surface area contributed by atoms with Crippen LogP contribution in [0.5, 0.6) is 0 Å². The van der Waals surface area contributed by atoms with Gasteiger partial charge in [0.1, 0.15) is 30.5 Å². The lowest BCUT2D eigenvalue weighted by atomic mass is 10.1. The molecule has 0 unspecified atom stereocenters. The van der Waals surface area contributed by atoms with Gasteiger partial charge in [0.05, 0.1) is 23.1 Å². The van der Waals surface area contributed by atoms with E-state index in [1.807, 2.05) is 48.5 Å². The Morgan fingerprint density at radius 2 is 1.23 bits per heavy atom. The average molecular weight is 945 g/mol. The highest BCUT2D eigenvalue weighted by Crippen LogP contribution is 2.29. The minimum absolute atomic E-state index is 0. The fraction of sp³-hybridized carbons (Fsp3) is 0.320. The van der Waals surface area contributed by atoms with Crippen LogP contribution >= 0.6 is 23.2 Å². The highest BCUT2D eigenvalue weighted by atomic mass is 35.5. The van der Waals surface area contributed by atoms with E-state index in [0.717, 1.165) is 47.5 Å². The molecule has 0 aliphatic heterocycles. The number of ketones is 3. The molecule has 3 N–H and O–H groups in total. The highest BCUT2D eigenvalue weighted by molar-refractivity contribution is 6.31. The Kier molecular flexibility index (Phi) is 17.9. The Balaban J connectivity index is 0.000000203. The number of nitrogens with one attached hydrogen (secondary N) is 2. The van der Waals surface area contributed by atoms with Gasteiger partial charge in [0.25, 0.3) is 0 Å². The van der Waals surface area contributed by atoms with Crippen LogP contribution in [0.2, 0.25) is 10.0 Å². The number of hydrogen-bond acceptors (Lipinski definition) is 7. The number of carboxylic acids is 1. The number of hydrogen-bond donors (Lipinski definition) is 3. The zero-order valence-corrected chi connectivity index (χ0v) is 37.4. The lowest BCUT2D eigenvalue weighted by Crippen LogP contribution is -2.43. The molecule has 2 saturated carbocycles. The van der Waals surface area contributed by atoms with Gasteiger partial charge in [0.15, 0.2) is 11.6 Å². The molecule has 6 aromatic rings. The maximum absolute atomic E-state index is 14.0. The molecule has 348 valence electrons. The molecule has 2 amide bonds. The smallest absolute Gasteiger partial charge is 0.323 e. The molecule has 2 aliphatic rings. The summed E-state index contributed by atoms with van der Waals surface area (Å²) in [5.74, 6) is -2.46. The molecule has 2 heterocycles. The molecule has 0 spiro atoms. The van der Waals surface area contributed by atoms with Gasteiger partial charge in [0, 0.05) is 75.9 Å². The normalized spacial score (nSPS) is 12.8. The lowest BCUT2D eigenvalue weighted by Gasteiger charge is -2.22. The summed E-state index contributed by atoms with van der Waals surface area (Å²) in [7, 11) is 0. The van der Waals surface area contributed by atoms with Gasteiger partial charge in [-0.25, -0.2) is 8.78 Å². The standard InChI is InChI=1S/C24H23ClFN3O3.C13H15ClFNO.C12H11NO3.CH4/c1-15(30)19-12-28(21-8-3-2-6-18(19)21)14-23(32)29(17-9-10-17)13-22(31)27-11-16-5-4-7-20(25)24(16)26;14-12-3-1-2-9(13(12)15)4-7-11(17)8-16-10-5-6-10;1-8(14)10-6-13(7-12(15)16)11-5-3-2-4-9(10)11;/h2-8,12,17H,9-11,13-14H2,1H3,(H,27,31);1-3,10,16H,4-8H2;2-6H,7H2,1H3,(H,15,16);1H4. The number of carboxylic acid groups (broad SMARTS) is 1. The van der Waals surface area contributed by atoms with Crippen LogP contribution in [-0.2, 0) is 45.2 Å². The van der Waals surface area contributed by atoms with Gasteiger partial charge in [-0.2, -0.15) is 0 Å². The van der Waals surface area contributed by atoms with E-state index < -0.39 is 17.6 Å². The summed E-state index contributed by atoms with van der Waals surface area (Å²) < 4.78 is 30.9. The van der Waals surface area contributed by atoms with Crippen LogP contribution < -0.4 is 10.6 Å². The first-order valence-corrected chi connectivity index (χ1v) is 21.9. The van der Waals surface area contributed by atoms with E-state index in [4.69, 9.17) is 28.3 Å². The van der Waals surface area contributed by atoms with Crippen molar-refractivity contribution in [3.63, 3.8) is 0 Å². The lowest BCUT2D eigenvalue weighted by molar-refractivity contribution is -0.137. The number of aliphatic carboxylic acids is 1. The van der Waals surface area contributed by atoms with Crippen molar-refractivity contribution in [3.05, 3.63) is 141 Å². The number of aryl methyl sites for hydroxylation is 1. The van der Waals surface area contributed by atoms with Gasteiger partial charge >= 0.3 is 5.97 Å². The summed E-state index contributed by atoms with van der Waals surface area (Å²) in [6, 6.07) is 24.8. The number of nitrogens with zero attached hydrogens (tertiary/aromatic N) is 3. The number of aromatic nitrogens is 2. The molecule has 0 bridgehead atoms. The summed E-state index contributed by atoms with van der Waals surface area (Å²) in [5, 5.41) is 16.3. The molecule has 16 heteroatoms. The molecule has 2 aliphatic carbocycles. The summed E-state index contributed by atoms with van der Waals surface area (Å²) in [6.45, 7) is 3.15. The third kappa shape index (κ3) is 13.7. The molecule has 2 fully saturated rings. The van der Waals surface area contributed by atoms with Gasteiger partial charge in [-0.05, 0) is 75.8 Å². The molecular formula is C50H53Cl2F2N5O7. The van der Waals surface area contributed by atoms with Crippen LogP contribution in [-0.4, -0.2) is 79.4 Å². The van der Waals surface area contributed by atoms with Crippen molar-refractivity contribution in [1.29, 1.82) is 0 Å². The Bertz CT molecular complexity index is 2740. The first-order valence-electron chi connectivity index (χ1n) is 21.2. The fourth-order valence-corrected chi connectivity index (χ4v) is 7.63. The summed E-state index contributed by atoms with van der Waals surface area (Å²) >= 11 is 11.4. The molecule has 66 heavy (non-hydrogen) atoms. The highest BCUT2D eigenvalue weighted by Gasteiger charge is 2.34. The second-order valence-corrected chi connectivity index (χ2v) is 16.8. The fourth-order valence-electron chi connectivity index (χ4n) is 7.24. The quantitative estimate of drug-likeness (QED) is 0.0764. The van der Waals surface area contributed by atoms with E-state index in [1.54, 1.807) is 50.7 Å². The van der Waals surface area contributed by atoms with Gasteiger partial charge in [-0.15, -0.1) is 0 Å². The topological polar surface area (TPSA) is 160 Å². The summed E-state index contributed by atoms with van der Waals surface area (Å²) in [6.07, 6.45) is 8.07. The minimum Gasteiger partial charge on any atom is -0.480 e. The van der Waals surface area contributed by atoms with E-state index in [1.165, 1.54) is 26.0 Å². The number of rotatable bonds is 17. The average Bonchev–Trinajstić information content (AvgIpc) is 4.23. The summed E-state index contributed by atoms with van der Waals surface area (Å²) in [4.78, 5) is 72.8. The van der Waals surface area contributed by atoms with Crippen molar-refractivity contribution in [2.24, 2.45) is 0 Å². The van der Waals surface area contributed by atoms with E-state index >= 15 is 0 Å². The zero-order chi connectivity index (χ0) is 46.8. The molecule has 12 nitrogen and oxygen atoms in total. The molecule has 0 radical (unpaired) electrons. The number of carbonyl (C=O) groups is 6. The van der Waals surface area contributed by atoms with E-state index in [9.17, 15) is 37.5 Å². The molecule has 8 rings (SSSR count). The Labute approximate surface area is 391 Å². The van der Waals surface area contributed by atoms with E-state index in [0.29, 0.717) is 42.1 Å². The monoisotopic (exact) mass is 943 g/mol. The maximum atomic E-state index is 14.0. The Hall–Kier alpha value is -6.22. The molecule has 0 atom stereocenters. The number of halogens is 4. The second kappa shape index (κ2) is 23.3. The molecule has 2 aromatic heterocycles. The number of fused-ring (bicyclic) bond motifs is 2. The van der Waals surface area contributed by atoms with Crippen LogP contribution in [0.1, 0.15) is 85.2 Å². The van der Waals surface area contributed by atoms with Crippen LogP contribution in [0.15, 0.2) is 97.3 Å². The van der Waals surface area contributed by atoms with Crippen LogP contribution in [0.3, 0.4) is 0 Å². The van der Waals surface area contributed by atoms with E-state index in [2.05, 4.69) is 10.6 Å². The van der Waals surface area contributed by atoms with Crippen LogP contribution in [0.25, 0.3) is 21.8 Å². The zero-order valence-electron chi connectivity index (χ0n) is 35.9. The predicted molar refractivity (Wildman–Crippen MR) is 252 cm³/mol. The van der Waals surface area contributed by atoms with Crippen molar-refractivity contribution in [2.45, 2.75) is 91.5 Å². The third-order valence-electron chi connectivity index (χ3n) is 10.9. The van der Waals surface area contributed by atoms with Gasteiger partial charge in [-0.1, -0.05) is 91.3 Å². The predicted octanol–water partition coefficient (Wildman–Crippen LogP) is 9.24. The molecule has 0 saturated heterocycles.